The molecule has 0 saturated heterocycles. The van der Waals surface area contributed by atoms with Crippen molar-refractivity contribution in [3.05, 3.63) is 21.9 Å². The quantitative estimate of drug-likeness (QED) is 0.803. The highest BCUT2D eigenvalue weighted by atomic mass is 79.9. The van der Waals surface area contributed by atoms with E-state index in [4.69, 9.17) is 5.11 Å². The van der Waals surface area contributed by atoms with Crippen molar-refractivity contribution in [3.8, 4) is 5.75 Å². The van der Waals surface area contributed by atoms with Gasteiger partial charge in [0, 0.05) is 6.20 Å². The number of aromatic nitrogens is 1. The highest BCUT2D eigenvalue weighted by Crippen LogP contribution is 2.41. The van der Waals surface area contributed by atoms with E-state index in [0.717, 1.165) is 0 Å². The fourth-order valence-electron chi connectivity index (χ4n) is 0.849. The molecule has 0 fully saturated rings. The summed E-state index contributed by atoms with van der Waals surface area (Å²) < 4.78 is 60.0. The van der Waals surface area contributed by atoms with Gasteiger partial charge in [-0.25, -0.2) is 8.78 Å². The molecule has 0 unspecified atom stereocenters. The second kappa shape index (κ2) is 3.92. The molecule has 1 aromatic heterocycles. The number of alkyl halides is 5. The maximum atomic E-state index is 12.2. The fourth-order valence-corrected chi connectivity index (χ4v) is 1.38. The lowest BCUT2D eigenvalue weighted by Gasteiger charge is -2.11. The van der Waals surface area contributed by atoms with E-state index in [1.807, 2.05) is 0 Å². The van der Waals surface area contributed by atoms with Crippen LogP contribution in [0.15, 0.2) is 10.7 Å². The Morgan fingerprint density at radius 1 is 1.33 bits per heavy atom. The summed E-state index contributed by atoms with van der Waals surface area (Å²) in [4.78, 5) is 2.86. The van der Waals surface area contributed by atoms with Gasteiger partial charge in [0.25, 0.3) is 6.43 Å². The minimum atomic E-state index is -4.76. The average molecular weight is 292 g/mol. The van der Waals surface area contributed by atoms with Crippen molar-refractivity contribution in [1.82, 2.24) is 4.98 Å². The molecule has 0 aliphatic carbocycles. The normalized spacial score (nSPS) is 12.2. The standard InChI is InChI=1S/C7H3BrF5NO/c8-3-2(7(11,12)13)1-14-4(5(3)15)6(9)10/h1,6,15H. The number of nitrogens with zero attached hydrogens (tertiary/aromatic N) is 1. The Hall–Kier alpha value is -0.920. The summed E-state index contributed by atoms with van der Waals surface area (Å²) in [5.41, 5.74) is -2.39. The van der Waals surface area contributed by atoms with E-state index in [2.05, 4.69) is 20.9 Å². The molecule has 0 atom stereocenters. The average Bonchev–Trinajstić information content (AvgIpc) is 2.06. The Morgan fingerprint density at radius 3 is 2.27 bits per heavy atom. The number of halogens is 6. The molecule has 15 heavy (non-hydrogen) atoms. The summed E-state index contributed by atoms with van der Waals surface area (Å²) in [5, 5.41) is 9.02. The van der Waals surface area contributed by atoms with E-state index < -0.39 is 34.1 Å². The lowest BCUT2D eigenvalue weighted by molar-refractivity contribution is -0.138. The lowest BCUT2D eigenvalue weighted by atomic mass is 10.2. The first-order valence-electron chi connectivity index (χ1n) is 3.48. The van der Waals surface area contributed by atoms with Crippen LogP contribution in [0.25, 0.3) is 0 Å². The summed E-state index contributed by atoms with van der Waals surface area (Å²) in [6, 6.07) is 0. The predicted molar refractivity (Wildman–Crippen MR) is 43.6 cm³/mol. The van der Waals surface area contributed by atoms with E-state index in [1.165, 1.54) is 0 Å². The fraction of sp³-hybridized carbons (Fsp3) is 0.286. The zero-order chi connectivity index (χ0) is 11.8. The van der Waals surface area contributed by atoms with Crippen LogP contribution in [0.4, 0.5) is 22.0 Å². The van der Waals surface area contributed by atoms with Crippen molar-refractivity contribution in [3.63, 3.8) is 0 Å². The van der Waals surface area contributed by atoms with E-state index in [0.29, 0.717) is 0 Å². The molecular weight excluding hydrogens is 289 g/mol. The molecule has 0 bridgehead atoms. The Bertz CT molecular complexity index is 378. The first-order valence-corrected chi connectivity index (χ1v) is 4.27. The van der Waals surface area contributed by atoms with Crippen molar-refractivity contribution in [2.45, 2.75) is 12.6 Å². The Balaban J connectivity index is 3.34. The van der Waals surface area contributed by atoms with E-state index >= 15 is 0 Å². The maximum Gasteiger partial charge on any atom is 0.419 e. The van der Waals surface area contributed by atoms with E-state index in [1.54, 1.807) is 0 Å². The number of hydrogen-bond acceptors (Lipinski definition) is 2. The Labute approximate surface area is 88.9 Å². The third-order valence-corrected chi connectivity index (χ3v) is 2.33. The molecule has 1 rings (SSSR count). The van der Waals surface area contributed by atoms with Crippen molar-refractivity contribution in [2.75, 3.05) is 0 Å². The SMILES string of the molecule is Oc1c(C(F)F)ncc(C(F)(F)F)c1Br. The summed E-state index contributed by atoms with van der Waals surface area (Å²) in [6.07, 6.45) is -7.65. The number of aromatic hydroxyl groups is 1. The van der Waals surface area contributed by atoms with Crippen LogP contribution in [-0.2, 0) is 6.18 Å². The number of pyridine rings is 1. The zero-order valence-electron chi connectivity index (χ0n) is 6.82. The molecule has 1 aromatic rings. The molecule has 1 N–H and O–H groups in total. The monoisotopic (exact) mass is 291 g/mol. The van der Waals surface area contributed by atoms with Gasteiger partial charge in [0.05, 0.1) is 10.0 Å². The van der Waals surface area contributed by atoms with Gasteiger partial charge in [0.2, 0.25) is 0 Å². The number of rotatable bonds is 1. The summed E-state index contributed by atoms with van der Waals surface area (Å²) >= 11 is 2.39. The first-order chi connectivity index (χ1) is 6.75. The maximum absolute atomic E-state index is 12.2. The van der Waals surface area contributed by atoms with Gasteiger partial charge < -0.3 is 5.11 Å². The largest absolute Gasteiger partial charge is 0.505 e. The molecule has 2 nitrogen and oxygen atoms in total. The predicted octanol–water partition coefficient (Wildman–Crippen LogP) is 3.51. The van der Waals surface area contributed by atoms with Crippen LogP contribution in [0.3, 0.4) is 0 Å². The van der Waals surface area contributed by atoms with Gasteiger partial charge in [-0.05, 0) is 15.9 Å². The smallest absolute Gasteiger partial charge is 0.419 e. The van der Waals surface area contributed by atoms with E-state index in [9.17, 15) is 22.0 Å². The summed E-state index contributed by atoms with van der Waals surface area (Å²) in [6.45, 7) is 0. The molecular formula is C7H3BrF5NO. The second-order valence-electron chi connectivity index (χ2n) is 2.52. The third-order valence-electron chi connectivity index (χ3n) is 1.53. The van der Waals surface area contributed by atoms with Crippen molar-refractivity contribution in [1.29, 1.82) is 0 Å². The minimum absolute atomic E-state index is 0.241. The molecule has 0 aliphatic heterocycles. The minimum Gasteiger partial charge on any atom is -0.505 e. The molecule has 0 saturated carbocycles. The van der Waals surface area contributed by atoms with Crippen LogP contribution in [-0.4, -0.2) is 10.1 Å². The topological polar surface area (TPSA) is 33.1 Å². The van der Waals surface area contributed by atoms with Crippen molar-refractivity contribution < 1.29 is 27.1 Å². The van der Waals surface area contributed by atoms with Crippen LogP contribution in [0.1, 0.15) is 17.7 Å². The first kappa shape index (κ1) is 12.2. The third kappa shape index (κ3) is 2.36. The van der Waals surface area contributed by atoms with Gasteiger partial charge in [-0.3, -0.25) is 4.98 Å². The molecule has 84 valence electrons. The highest BCUT2D eigenvalue weighted by molar-refractivity contribution is 9.10. The van der Waals surface area contributed by atoms with Crippen LogP contribution < -0.4 is 0 Å². The van der Waals surface area contributed by atoms with Crippen molar-refractivity contribution >= 4 is 15.9 Å². The van der Waals surface area contributed by atoms with Crippen molar-refractivity contribution in [2.24, 2.45) is 0 Å². The van der Waals surface area contributed by atoms with Crippen LogP contribution >= 0.6 is 15.9 Å². The van der Waals surface area contributed by atoms with Gasteiger partial charge >= 0.3 is 6.18 Å². The molecule has 1 heterocycles. The molecule has 0 aromatic carbocycles. The second-order valence-corrected chi connectivity index (χ2v) is 3.31. The summed E-state index contributed by atoms with van der Waals surface area (Å²) in [7, 11) is 0. The Morgan fingerprint density at radius 2 is 1.87 bits per heavy atom. The molecule has 0 spiro atoms. The van der Waals surface area contributed by atoms with Gasteiger partial charge in [0.15, 0.2) is 5.75 Å². The number of hydrogen-bond donors (Lipinski definition) is 1. The van der Waals surface area contributed by atoms with Crippen LogP contribution in [0, 0.1) is 0 Å². The molecule has 0 radical (unpaired) electrons. The Kier molecular flexibility index (Phi) is 3.17. The highest BCUT2D eigenvalue weighted by Gasteiger charge is 2.36. The van der Waals surface area contributed by atoms with Crippen LogP contribution in [0.2, 0.25) is 0 Å². The van der Waals surface area contributed by atoms with E-state index in [-0.39, 0.29) is 6.20 Å². The lowest BCUT2D eigenvalue weighted by Crippen LogP contribution is -2.08. The van der Waals surface area contributed by atoms with Crippen LogP contribution in [0.5, 0.6) is 5.75 Å². The van der Waals surface area contributed by atoms with Gasteiger partial charge in [0.1, 0.15) is 5.69 Å². The zero-order valence-corrected chi connectivity index (χ0v) is 8.40. The van der Waals surface area contributed by atoms with Gasteiger partial charge in [-0.15, -0.1) is 0 Å². The molecule has 8 heteroatoms. The summed E-state index contributed by atoms with van der Waals surface area (Å²) in [5.74, 6) is -1.19. The molecule has 0 aliphatic rings. The molecule has 0 amide bonds. The van der Waals surface area contributed by atoms with Gasteiger partial charge in [-0.1, -0.05) is 0 Å². The van der Waals surface area contributed by atoms with Gasteiger partial charge in [-0.2, -0.15) is 13.2 Å².